The largest absolute Gasteiger partial charge is 0.495 e. The minimum atomic E-state index is -0.241. The molecule has 0 unspecified atom stereocenters. The summed E-state index contributed by atoms with van der Waals surface area (Å²) in [6, 6.07) is 19.8. The zero-order valence-corrected chi connectivity index (χ0v) is 19.0. The van der Waals surface area contributed by atoms with Crippen LogP contribution in [0.25, 0.3) is 16.6 Å². The third kappa shape index (κ3) is 4.49. The second-order valence-electron chi connectivity index (χ2n) is 7.02. The lowest BCUT2D eigenvalue weighted by Crippen LogP contribution is -2.23. The average molecular weight is 466 g/mol. The number of halogens is 1. The van der Waals surface area contributed by atoms with E-state index in [0.29, 0.717) is 32.5 Å². The molecule has 4 rings (SSSR count). The van der Waals surface area contributed by atoms with Gasteiger partial charge >= 0.3 is 0 Å². The van der Waals surface area contributed by atoms with Crippen LogP contribution in [0.3, 0.4) is 0 Å². The van der Waals surface area contributed by atoms with Gasteiger partial charge < -0.3 is 10.1 Å². The molecule has 8 heteroatoms. The second kappa shape index (κ2) is 9.46. The molecule has 1 aromatic heterocycles. The van der Waals surface area contributed by atoms with Crippen molar-refractivity contribution in [3.63, 3.8) is 0 Å². The van der Waals surface area contributed by atoms with Gasteiger partial charge in [-0.2, -0.15) is 0 Å². The highest BCUT2D eigenvalue weighted by atomic mass is 35.5. The number of carbonyl (C=O) groups excluding carboxylic acids is 1. The summed E-state index contributed by atoms with van der Waals surface area (Å²) in [6.45, 7) is 1.94. The molecule has 0 radical (unpaired) electrons. The van der Waals surface area contributed by atoms with Gasteiger partial charge in [0.1, 0.15) is 5.75 Å². The van der Waals surface area contributed by atoms with Crippen molar-refractivity contribution >= 4 is 45.9 Å². The van der Waals surface area contributed by atoms with Crippen molar-refractivity contribution in [2.75, 3.05) is 18.2 Å². The Kier molecular flexibility index (Phi) is 6.48. The van der Waals surface area contributed by atoms with E-state index in [0.717, 1.165) is 11.3 Å². The van der Waals surface area contributed by atoms with Gasteiger partial charge in [-0.3, -0.25) is 14.2 Å². The highest BCUT2D eigenvalue weighted by molar-refractivity contribution is 7.99. The maximum Gasteiger partial charge on any atom is 0.266 e. The summed E-state index contributed by atoms with van der Waals surface area (Å²) >= 11 is 7.33. The maximum absolute atomic E-state index is 13.3. The molecule has 1 N–H and O–H groups in total. The van der Waals surface area contributed by atoms with Crippen LogP contribution in [0.1, 0.15) is 5.56 Å². The molecule has 0 bridgehead atoms. The smallest absolute Gasteiger partial charge is 0.266 e. The lowest BCUT2D eigenvalue weighted by Gasteiger charge is -2.15. The molecule has 6 nitrogen and oxygen atoms in total. The summed E-state index contributed by atoms with van der Waals surface area (Å²) in [5.74, 6) is 0.358. The molecule has 0 saturated carbocycles. The Labute approximate surface area is 194 Å². The number of aryl methyl sites for hydroxylation is 1. The topological polar surface area (TPSA) is 73.2 Å². The highest BCUT2D eigenvalue weighted by Gasteiger charge is 2.16. The van der Waals surface area contributed by atoms with Gasteiger partial charge in [0.25, 0.3) is 5.56 Å². The number of anilines is 1. The molecule has 0 saturated heterocycles. The minimum absolute atomic E-state index is 0.0698. The van der Waals surface area contributed by atoms with E-state index in [9.17, 15) is 9.59 Å². The van der Waals surface area contributed by atoms with Crippen molar-refractivity contribution in [1.82, 2.24) is 9.55 Å². The monoisotopic (exact) mass is 465 g/mol. The molecule has 0 aliphatic carbocycles. The van der Waals surface area contributed by atoms with Crippen molar-refractivity contribution < 1.29 is 9.53 Å². The van der Waals surface area contributed by atoms with Crippen LogP contribution in [0.5, 0.6) is 5.75 Å². The number of nitrogens with one attached hydrogen (secondary N) is 1. The fourth-order valence-electron chi connectivity index (χ4n) is 3.31. The predicted molar refractivity (Wildman–Crippen MR) is 129 cm³/mol. The Morgan fingerprint density at radius 2 is 1.88 bits per heavy atom. The predicted octanol–water partition coefficient (Wildman–Crippen LogP) is 5.09. The van der Waals surface area contributed by atoms with E-state index >= 15 is 0 Å². The zero-order valence-electron chi connectivity index (χ0n) is 17.5. The van der Waals surface area contributed by atoms with Gasteiger partial charge in [-0.05, 0) is 48.9 Å². The first-order valence-corrected chi connectivity index (χ1v) is 11.2. The number of fused-ring (bicyclic) bond motifs is 1. The fraction of sp³-hybridized carbons (Fsp3) is 0.125. The Morgan fingerprint density at radius 3 is 2.62 bits per heavy atom. The van der Waals surface area contributed by atoms with Gasteiger partial charge in [0.15, 0.2) is 5.16 Å². The SMILES string of the molecule is COc1ccc(NC(=O)CSc2nc3ccccc3c(=O)n2-c2ccccc2C)cc1Cl. The van der Waals surface area contributed by atoms with Crippen LogP contribution in [0.15, 0.2) is 76.7 Å². The van der Waals surface area contributed by atoms with Gasteiger partial charge in [-0.15, -0.1) is 0 Å². The molecule has 0 fully saturated rings. The molecule has 0 aliphatic rings. The molecular weight excluding hydrogens is 446 g/mol. The number of thioether (sulfide) groups is 1. The summed E-state index contributed by atoms with van der Waals surface area (Å²) in [4.78, 5) is 30.6. The number of amides is 1. The van der Waals surface area contributed by atoms with Crippen LogP contribution < -0.4 is 15.6 Å². The number of aromatic nitrogens is 2. The van der Waals surface area contributed by atoms with E-state index in [1.165, 1.54) is 18.9 Å². The number of benzene rings is 3. The molecule has 162 valence electrons. The number of methoxy groups -OCH3 is 1. The molecular formula is C24H20ClN3O3S. The quantitative estimate of drug-likeness (QED) is 0.317. The Bertz CT molecular complexity index is 1370. The standard InChI is InChI=1S/C24H20ClN3O3S/c1-15-7-3-6-10-20(15)28-23(30)17-8-4-5-9-19(17)27-24(28)32-14-22(29)26-16-11-12-21(31-2)18(25)13-16/h3-13H,14H2,1-2H3,(H,26,29). The average Bonchev–Trinajstić information content (AvgIpc) is 2.79. The Morgan fingerprint density at radius 1 is 1.12 bits per heavy atom. The summed E-state index contributed by atoms with van der Waals surface area (Å²) in [5, 5.41) is 4.19. The number of hydrogen-bond donors (Lipinski definition) is 1. The molecule has 4 aromatic rings. The van der Waals surface area contributed by atoms with E-state index in [1.54, 1.807) is 34.9 Å². The van der Waals surface area contributed by atoms with Crippen LogP contribution in [0.4, 0.5) is 5.69 Å². The van der Waals surface area contributed by atoms with Crippen molar-refractivity contribution in [2.45, 2.75) is 12.1 Å². The summed E-state index contributed by atoms with van der Waals surface area (Å²) in [7, 11) is 1.53. The van der Waals surface area contributed by atoms with Crippen molar-refractivity contribution in [3.8, 4) is 11.4 Å². The van der Waals surface area contributed by atoms with E-state index in [1.807, 2.05) is 43.3 Å². The number of rotatable bonds is 6. The minimum Gasteiger partial charge on any atom is -0.495 e. The first kappa shape index (κ1) is 21.9. The number of hydrogen-bond acceptors (Lipinski definition) is 5. The van der Waals surface area contributed by atoms with Crippen LogP contribution in [0.2, 0.25) is 5.02 Å². The normalized spacial score (nSPS) is 10.8. The van der Waals surface area contributed by atoms with Crippen molar-refractivity contribution in [1.29, 1.82) is 0 Å². The molecule has 3 aromatic carbocycles. The maximum atomic E-state index is 13.3. The third-order valence-corrected chi connectivity index (χ3v) is 6.10. The fourth-order valence-corrected chi connectivity index (χ4v) is 4.37. The highest BCUT2D eigenvalue weighted by Crippen LogP contribution is 2.28. The van der Waals surface area contributed by atoms with E-state index in [2.05, 4.69) is 10.3 Å². The van der Waals surface area contributed by atoms with E-state index < -0.39 is 0 Å². The molecule has 0 spiro atoms. The summed E-state index contributed by atoms with van der Waals surface area (Å²) in [5.41, 5.74) is 2.65. The summed E-state index contributed by atoms with van der Waals surface area (Å²) < 4.78 is 6.70. The first-order valence-electron chi connectivity index (χ1n) is 9.82. The Hall–Kier alpha value is -3.29. The molecule has 0 aliphatic heterocycles. The lowest BCUT2D eigenvalue weighted by atomic mass is 10.2. The number of nitrogens with zero attached hydrogens (tertiary/aromatic N) is 2. The van der Waals surface area contributed by atoms with Crippen molar-refractivity contribution in [2.24, 2.45) is 0 Å². The molecule has 32 heavy (non-hydrogen) atoms. The van der Waals surface area contributed by atoms with Gasteiger partial charge in [-0.1, -0.05) is 53.7 Å². The van der Waals surface area contributed by atoms with E-state index in [-0.39, 0.29) is 17.2 Å². The molecule has 1 heterocycles. The summed E-state index contributed by atoms with van der Waals surface area (Å²) in [6.07, 6.45) is 0. The number of para-hydroxylation sites is 2. The van der Waals surface area contributed by atoms with Crippen LogP contribution in [0, 0.1) is 6.92 Å². The lowest BCUT2D eigenvalue weighted by molar-refractivity contribution is -0.113. The van der Waals surface area contributed by atoms with Gasteiger partial charge in [0.2, 0.25) is 5.91 Å². The zero-order chi connectivity index (χ0) is 22.7. The van der Waals surface area contributed by atoms with Gasteiger partial charge in [0, 0.05) is 5.69 Å². The van der Waals surface area contributed by atoms with Gasteiger partial charge in [0.05, 0.1) is 34.5 Å². The van der Waals surface area contributed by atoms with Crippen LogP contribution >= 0.6 is 23.4 Å². The van der Waals surface area contributed by atoms with E-state index in [4.69, 9.17) is 16.3 Å². The van der Waals surface area contributed by atoms with Crippen molar-refractivity contribution in [3.05, 3.63) is 87.7 Å². The second-order valence-corrected chi connectivity index (χ2v) is 8.37. The van der Waals surface area contributed by atoms with Crippen LogP contribution in [-0.2, 0) is 4.79 Å². The van der Waals surface area contributed by atoms with Crippen LogP contribution in [-0.4, -0.2) is 28.3 Å². The third-order valence-electron chi connectivity index (χ3n) is 4.87. The Balaban J connectivity index is 1.64. The van der Waals surface area contributed by atoms with Gasteiger partial charge in [-0.25, -0.2) is 4.98 Å². The number of carbonyl (C=O) groups is 1. The molecule has 1 amide bonds. The first-order chi connectivity index (χ1) is 15.5. The number of ether oxygens (including phenoxy) is 1. The molecule has 0 atom stereocenters.